The number of alkyl halides is 5. The summed E-state index contributed by atoms with van der Waals surface area (Å²) in [6.45, 7) is -0.758. The summed E-state index contributed by atoms with van der Waals surface area (Å²) in [6.07, 6.45) is -6.94. The highest BCUT2D eigenvalue weighted by atomic mass is 35.5. The van der Waals surface area contributed by atoms with Gasteiger partial charge < -0.3 is 5.73 Å². The topological polar surface area (TPSA) is 26.0 Å². The molecular weight excluding hydrogens is 217 g/mol. The van der Waals surface area contributed by atoms with E-state index in [0.717, 1.165) is 0 Å². The van der Waals surface area contributed by atoms with Crippen LogP contribution in [0.2, 0.25) is 0 Å². The monoisotopic (exact) mass is 225 g/mol. The first-order chi connectivity index (χ1) is 5.22. The number of hydrogen-bond acceptors (Lipinski definition) is 1. The van der Waals surface area contributed by atoms with Gasteiger partial charge in [0, 0.05) is 19.4 Å². The third-order valence-corrected chi connectivity index (χ3v) is 2.19. The molecule has 0 unspecified atom stereocenters. The van der Waals surface area contributed by atoms with Gasteiger partial charge in [-0.15, -0.1) is 12.4 Å². The molecule has 13 heavy (non-hydrogen) atoms. The van der Waals surface area contributed by atoms with Gasteiger partial charge in [0.15, 0.2) is 0 Å². The number of nitrogens with two attached hydrogens (primary N) is 1. The van der Waals surface area contributed by atoms with Gasteiger partial charge in [0.1, 0.15) is 0 Å². The Kier molecular flexibility index (Phi) is 3.21. The lowest BCUT2D eigenvalue weighted by Crippen LogP contribution is -2.58. The molecule has 0 bridgehead atoms. The van der Waals surface area contributed by atoms with Crippen LogP contribution in [0.5, 0.6) is 0 Å². The molecule has 0 aromatic carbocycles. The lowest BCUT2D eigenvalue weighted by atomic mass is 9.65. The highest BCUT2D eigenvalue weighted by Gasteiger charge is 2.68. The Bertz CT molecular complexity index is 182. The molecule has 0 spiro atoms. The summed E-state index contributed by atoms with van der Waals surface area (Å²) in [5.74, 6) is -3.19. The average Bonchev–Trinajstić information content (AvgIpc) is 1.78. The predicted octanol–water partition coefficient (Wildman–Crippen LogP) is 2.34. The second kappa shape index (κ2) is 3.24. The van der Waals surface area contributed by atoms with E-state index in [1.807, 2.05) is 0 Å². The van der Waals surface area contributed by atoms with E-state index in [0.29, 0.717) is 0 Å². The van der Waals surface area contributed by atoms with Crippen molar-refractivity contribution in [1.82, 2.24) is 0 Å². The fourth-order valence-electron chi connectivity index (χ4n) is 1.40. The van der Waals surface area contributed by atoms with E-state index in [-0.39, 0.29) is 12.4 Å². The predicted molar refractivity (Wildman–Crippen MR) is 39.0 cm³/mol. The van der Waals surface area contributed by atoms with Gasteiger partial charge in [-0.2, -0.15) is 13.2 Å². The highest BCUT2D eigenvalue weighted by molar-refractivity contribution is 5.85. The van der Waals surface area contributed by atoms with Crippen LogP contribution in [0, 0.1) is 5.41 Å². The third kappa shape index (κ3) is 2.04. The van der Waals surface area contributed by atoms with Crippen molar-refractivity contribution in [3.63, 3.8) is 0 Å². The Hall–Kier alpha value is -0.100. The van der Waals surface area contributed by atoms with Crippen LogP contribution in [0.1, 0.15) is 12.8 Å². The van der Waals surface area contributed by atoms with Crippen LogP contribution in [0.4, 0.5) is 22.0 Å². The molecule has 1 rings (SSSR count). The Morgan fingerprint density at radius 3 is 1.62 bits per heavy atom. The third-order valence-electron chi connectivity index (χ3n) is 2.19. The average molecular weight is 226 g/mol. The van der Waals surface area contributed by atoms with Crippen molar-refractivity contribution in [2.45, 2.75) is 24.9 Å². The largest absolute Gasteiger partial charge is 0.396 e. The van der Waals surface area contributed by atoms with Crippen LogP contribution in [0.25, 0.3) is 0 Å². The van der Waals surface area contributed by atoms with E-state index in [4.69, 9.17) is 5.73 Å². The van der Waals surface area contributed by atoms with Crippen molar-refractivity contribution < 1.29 is 22.0 Å². The first-order valence-corrected chi connectivity index (χ1v) is 3.37. The molecule has 0 aromatic rings. The van der Waals surface area contributed by atoms with Gasteiger partial charge in [-0.1, -0.05) is 0 Å². The van der Waals surface area contributed by atoms with Crippen molar-refractivity contribution in [3.05, 3.63) is 0 Å². The fraction of sp³-hybridized carbons (Fsp3) is 1.00. The minimum atomic E-state index is -4.61. The van der Waals surface area contributed by atoms with Crippen molar-refractivity contribution in [1.29, 1.82) is 0 Å². The SMILES string of the molecule is Cl.NCC1(C(F)(F)F)CC(F)(F)C1. The Morgan fingerprint density at radius 2 is 1.54 bits per heavy atom. The fourth-order valence-corrected chi connectivity index (χ4v) is 1.40. The molecule has 7 heteroatoms. The molecule has 1 fully saturated rings. The smallest absolute Gasteiger partial charge is 0.330 e. The zero-order valence-corrected chi connectivity index (χ0v) is 7.31. The van der Waals surface area contributed by atoms with Gasteiger partial charge in [0.25, 0.3) is 0 Å². The van der Waals surface area contributed by atoms with Crippen LogP contribution in [-0.2, 0) is 0 Å². The zero-order valence-electron chi connectivity index (χ0n) is 6.50. The molecule has 2 N–H and O–H groups in total. The lowest BCUT2D eigenvalue weighted by molar-refractivity contribution is -0.304. The Balaban J connectivity index is 0.00000144. The molecule has 0 radical (unpaired) electrons. The normalized spacial score (nSPS) is 24.5. The summed E-state index contributed by atoms with van der Waals surface area (Å²) in [5, 5.41) is 0. The van der Waals surface area contributed by atoms with E-state index < -0.39 is 36.9 Å². The van der Waals surface area contributed by atoms with Crippen LogP contribution >= 0.6 is 12.4 Å². The van der Waals surface area contributed by atoms with Gasteiger partial charge in [-0.3, -0.25) is 0 Å². The van der Waals surface area contributed by atoms with Crippen LogP contribution in [-0.4, -0.2) is 18.6 Å². The first kappa shape index (κ1) is 12.9. The van der Waals surface area contributed by atoms with Gasteiger partial charge in [-0.05, 0) is 0 Å². The minimum Gasteiger partial charge on any atom is -0.330 e. The molecule has 0 atom stereocenters. The Labute approximate surface area is 77.9 Å². The lowest BCUT2D eigenvalue weighted by Gasteiger charge is -2.47. The van der Waals surface area contributed by atoms with Crippen molar-refractivity contribution in [3.8, 4) is 0 Å². The molecule has 0 aromatic heterocycles. The molecule has 1 aliphatic carbocycles. The Morgan fingerprint density at radius 1 is 1.15 bits per heavy atom. The summed E-state index contributed by atoms with van der Waals surface area (Å²) in [7, 11) is 0. The molecular formula is C6H9ClF5N. The van der Waals surface area contributed by atoms with Crippen LogP contribution in [0.3, 0.4) is 0 Å². The number of halogens is 6. The summed E-state index contributed by atoms with van der Waals surface area (Å²) in [6, 6.07) is 0. The standard InChI is InChI=1S/C6H8F5N.ClH/c7-5(8)1-4(2-5,3-12)6(9,10)11;/h1-3,12H2;1H. The molecule has 0 saturated heterocycles. The zero-order chi connectivity index (χ0) is 9.62. The molecule has 1 aliphatic rings. The number of hydrogen-bond donors (Lipinski definition) is 1. The second-order valence-corrected chi connectivity index (χ2v) is 3.19. The summed E-state index contributed by atoms with van der Waals surface area (Å²) >= 11 is 0. The second-order valence-electron chi connectivity index (χ2n) is 3.19. The molecule has 0 aliphatic heterocycles. The van der Waals surface area contributed by atoms with Gasteiger partial charge >= 0.3 is 6.18 Å². The van der Waals surface area contributed by atoms with Gasteiger partial charge in [0.05, 0.1) is 5.41 Å². The van der Waals surface area contributed by atoms with Gasteiger partial charge in [0.2, 0.25) is 5.92 Å². The minimum absolute atomic E-state index is 0. The summed E-state index contributed by atoms with van der Waals surface area (Å²) < 4.78 is 60.6. The molecule has 80 valence electrons. The molecule has 1 saturated carbocycles. The highest BCUT2D eigenvalue weighted by Crippen LogP contribution is 2.59. The summed E-state index contributed by atoms with van der Waals surface area (Å²) in [5.41, 5.74) is 2.49. The summed E-state index contributed by atoms with van der Waals surface area (Å²) in [4.78, 5) is 0. The maximum absolute atomic E-state index is 12.2. The van der Waals surface area contributed by atoms with E-state index in [1.165, 1.54) is 0 Å². The number of rotatable bonds is 1. The molecule has 0 heterocycles. The van der Waals surface area contributed by atoms with E-state index >= 15 is 0 Å². The maximum Gasteiger partial charge on any atom is 0.396 e. The van der Waals surface area contributed by atoms with Crippen molar-refractivity contribution >= 4 is 12.4 Å². The quantitative estimate of drug-likeness (QED) is 0.681. The van der Waals surface area contributed by atoms with Crippen molar-refractivity contribution in [2.75, 3.05) is 6.54 Å². The van der Waals surface area contributed by atoms with E-state index in [9.17, 15) is 22.0 Å². The van der Waals surface area contributed by atoms with Crippen LogP contribution in [0.15, 0.2) is 0 Å². The van der Waals surface area contributed by atoms with Crippen LogP contribution < -0.4 is 5.73 Å². The van der Waals surface area contributed by atoms with E-state index in [1.54, 1.807) is 0 Å². The molecule has 0 amide bonds. The van der Waals surface area contributed by atoms with E-state index in [2.05, 4.69) is 0 Å². The first-order valence-electron chi connectivity index (χ1n) is 3.37. The maximum atomic E-state index is 12.2. The van der Waals surface area contributed by atoms with Gasteiger partial charge in [-0.25, -0.2) is 8.78 Å². The van der Waals surface area contributed by atoms with Crippen molar-refractivity contribution in [2.24, 2.45) is 11.1 Å². The molecule has 1 nitrogen and oxygen atoms in total.